The van der Waals surface area contributed by atoms with Crippen LogP contribution in [0.5, 0.6) is 0 Å². The molecule has 2 atom stereocenters. The first-order chi connectivity index (χ1) is 19.4. The third kappa shape index (κ3) is 6.46. The van der Waals surface area contributed by atoms with Crippen molar-refractivity contribution < 1.29 is 18.0 Å². The van der Waals surface area contributed by atoms with Crippen LogP contribution in [0.4, 0.5) is 0 Å². The van der Waals surface area contributed by atoms with Gasteiger partial charge in [0.25, 0.3) is 0 Å². The molecule has 2 N–H and O–H groups in total. The molecule has 3 rings (SSSR count). The summed E-state index contributed by atoms with van der Waals surface area (Å²) in [4.78, 5) is 0.237. The molecule has 230 valence electrons. The van der Waals surface area contributed by atoms with Gasteiger partial charge in [-0.05, 0) is 66.1 Å². The molecule has 0 saturated carbocycles. The van der Waals surface area contributed by atoms with Crippen molar-refractivity contribution >= 4 is 18.3 Å². The van der Waals surface area contributed by atoms with E-state index < -0.39 is 36.1 Å². The van der Waals surface area contributed by atoms with E-state index in [2.05, 4.69) is 53.2 Å². The summed E-state index contributed by atoms with van der Waals surface area (Å²) < 4.78 is 39.1. The lowest BCUT2D eigenvalue weighted by molar-refractivity contribution is -0.00489. The zero-order chi connectivity index (χ0) is 31.7. The monoisotopic (exact) mass is 609 g/mol. The van der Waals surface area contributed by atoms with E-state index in [1.807, 2.05) is 100 Å². The number of hydrogen-bond donors (Lipinski definition) is 2. The van der Waals surface area contributed by atoms with E-state index in [0.717, 1.165) is 5.56 Å². The van der Waals surface area contributed by atoms with Crippen LogP contribution in [0.1, 0.15) is 83.2 Å². The molecule has 0 aromatic heterocycles. The number of nitrogens with one attached hydrogen (secondary N) is 1. The summed E-state index contributed by atoms with van der Waals surface area (Å²) in [5.41, 5.74) is 2.28. The zero-order valence-electron chi connectivity index (χ0n) is 27.3. The van der Waals surface area contributed by atoms with Crippen LogP contribution in [-0.4, -0.2) is 34.0 Å². The van der Waals surface area contributed by atoms with Gasteiger partial charge >= 0.3 is 0 Å². The number of aliphatic hydroxyl groups is 1. The molecule has 3 aromatic rings. The lowest BCUT2D eigenvalue weighted by Gasteiger charge is -2.52. The third-order valence-electron chi connectivity index (χ3n) is 8.77. The Kier molecular flexibility index (Phi) is 10.4. The highest BCUT2D eigenvalue weighted by Gasteiger charge is 2.55. The molecule has 0 bridgehead atoms. The van der Waals surface area contributed by atoms with Crippen LogP contribution in [0, 0.1) is 20.8 Å². The molecular formula is C35H51NO4SSi. The van der Waals surface area contributed by atoms with Crippen molar-refractivity contribution in [2.24, 2.45) is 0 Å². The van der Waals surface area contributed by atoms with Crippen LogP contribution in [0.25, 0.3) is 0 Å². The molecule has 5 nitrogen and oxygen atoms in total. The standard InChI is InChI=1S/C35H51NO4SSi/c1-24(2)42(25(3)4,34(9,10)11)40-29(8)33(36-41(38,39)32-27(6)22-26(5)23-28(32)7)35(37,30-18-14-12-15-19-30)31-20-16-13-17-21-31/h12-25,29,33,36-37H,1-11H3. The Morgan fingerprint density at radius 1 is 0.762 bits per heavy atom. The van der Waals surface area contributed by atoms with Gasteiger partial charge in [-0.1, -0.05) is 127 Å². The van der Waals surface area contributed by atoms with Gasteiger partial charge in [0.2, 0.25) is 18.3 Å². The van der Waals surface area contributed by atoms with Crippen LogP contribution < -0.4 is 4.72 Å². The van der Waals surface area contributed by atoms with Gasteiger partial charge in [0.05, 0.1) is 17.0 Å². The van der Waals surface area contributed by atoms with E-state index >= 15 is 0 Å². The highest BCUT2D eigenvalue weighted by Crippen LogP contribution is 2.52. The van der Waals surface area contributed by atoms with Crippen molar-refractivity contribution in [2.75, 3.05) is 0 Å². The molecule has 0 aliphatic carbocycles. The van der Waals surface area contributed by atoms with Crippen molar-refractivity contribution in [3.8, 4) is 0 Å². The molecule has 0 amide bonds. The topological polar surface area (TPSA) is 75.6 Å². The highest BCUT2D eigenvalue weighted by atomic mass is 32.2. The predicted molar refractivity (Wildman–Crippen MR) is 177 cm³/mol. The Morgan fingerprint density at radius 2 is 1.17 bits per heavy atom. The maximum absolute atomic E-state index is 14.4. The first kappa shape index (κ1) is 34.2. The summed E-state index contributed by atoms with van der Waals surface area (Å²) in [5.74, 6) is 0. The predicted octanol–water partition coefficient (Wildman–Crippen LogP) is 8.17. The van der Waals surface area contributed by atoms with Gasteiger partial charge in [0.1, 0.15) is 5.60 Å². The summed E-state index contributed by atoms with van der Waals surface area (Å²) in [6, 6.07) is 21.4. The largest absolute Gasteiger partial charge is 0.411 e. The number of sulfonamides is 1. The Balaban J connectivity index is 2.34. The van der Waals surface area contributed by atoms with E-state index in [-0.39, 0.29) is 21.0 Å². The molecule has 0 fully saturated rings. The maximum atomic E-state index is 14.4. The second-order valence-corrected chi connectivity index (χ2v) is 20.8. The molecule has 2 unspecified atom stereocenters. The number of benzene rings is 3. The van der Waals surface area contributed by atoms with E-state index in [1.165, 1.54) is 0 Å². The van der Waals surface area contributed by atoms with Gasteiger partial charge in [-0.3, -0.25) is 0 Å². The lowest BCUT2D eigenvalue weighted by atomic mass is 9.78. The number of rotatable bonds is 11. The van der Waals surface area contributed by atoms with Crippen molar-refractivity contribution in [2.45, 2.75) is 115 Å². The number of hydrogen-bond acceptors (Lipinski definition) is 4. The van der Waals surface area contributed by atoms with Crippen LogP contribution in [0.2, 0.25) is 16.1 Å². The van der Waals surface area contributed by atoms with Gasteiger partial charge in [-0.25, -0.2) is 13.1 Å². The maximum Gasteiger partial charge on any atom is 0.241 e. The molecule has 42 heavy (non-hydrogen) atoms. The van der Waals surface area contributed by atoms with Crippen LogP contribution in [0.15, 0.2) is 77.7 Å². The molecule has 0 radical (unpaired) electrons. The van der Waals surface area contributed by atoms with E-state index in [4.69, 9.17) is 4.43 Å². The van der Waals surface area contributed by atoms with Gasteiger partial charge < -0.3 is 9.53 Å². The van der Waals surface area contributed by atoms with Crippen molar-refractivity contribution in [1.82, 2.24) is 4.72 Å². The second-order valence-electron chi connectivity index (χ2n) is 13.5. The van der Waals surface area contributed by atoms with Crippen LogP contribution in [-0.2, 0) is 20.1 Å². The minimum atomic E-state index is -4.09. The van der Waals surface area contributed by atoms with E-state index in [0.29, 0.717) is 22.3 Å². The average Bonchev–Trinajstić information content (AvgIpc) is 2.89. The van der Waals surface area contributed by atoms with Crippen LogP contribution in [0.3, 0.4) is 0 Å². The summed E-state index contributed by atoms with van der Waals surface area (Å²) in [5, 5.41) is 12.8. The van der Waals surface area contributed by atoms with E-state index in [1.54, 1.807) is 0 Å². The molecule has 0 spiro atoms. The fourth-order valence-electron chi connectivity index (χ4n) is 7.47. The Morgan fingerprint density at radius 3 is 1.52 bits per heavy atom. The van der Waals surface area contributed by atoms with Gasteiger partial charge in [-0.15, -0.1) is 0 Å². The van der Waals surface area contributed by atoms with Gasteiger partial charge in [0, 0.05) is 0 Å². The van der Waals surface area contributed by atoms with Crippen LogP contribution >= 0.6 is 0 Å². The first-order valence-corrected chi connectivity index (χ1v) is 18.6. The molecule has 0 aliphatic heterocycles. The quantitative estimate of drug-likeness (QED) is 0.215. The third-order valence-corrected chi connectivity index (χ3v) is 17.1. The summed E-state index contributed by atoms with van der Waals surface area (Å²) in [7, 11) is -6.68. The van der Waals surface area contributed by atoms with Crippen molar-refractivity contribution in [1.29, 1.82) is 0 Å². The highest BCUT2D eigenvalue weighted by molar-refractivity contribution is 7.89. The van der Waals surface area contributed by atoms with Crippen molar-refractivity contribution in [3.63, 3.8) is 0 Å². The van der Waals surface area contributed by atoms with Crippen molar-refractivity contribution in [3.05, 3.63) is 101 Å². The molecular weight excluding hydrogens is 559 g/mol. The SMILES string of the molecule is Cc1cc(C)c(S(=O)(=O)NC(C(C)O[Si](C(C)C)(C(C)C)C(C)(C)C)C(O)(c2ccccc2)c2ccccc2)c(C)c1. The molecule has 7 heteroatoms. The minimum absolute atomic E-state index is 0.144. The van der Waals surface area contributed by atoms with Gasteiger partial charge in [-0.2, -0.15) is 0 Å². The first-order valence-electron chi connectivity index (χ1n) is 15.0. The number of aryl methyl sites for hydroxylation is 3. The zero-order valence-corrected chi connectivity index (χ0v) is 29.1. The summed E-state index contributed by atoms with van der Waals surface area (Å²) in [6.07, 6.45) is -0.674. The Hall–Kier alpha value is -2.29. The smallest absolute Gasteiger partial charge is 0.241 e. The fraction of sp³-hybridized carbons (Fsp3) is 0.486. The minimum Gasteiger partial charge on any atom is -0.411 e. The second kappa shape index (κ2) is 12.7. The molecule has 0 aliphatic rings. The summed E-state index contributed by atoms with van der Waals surface area (Å²) >= 11 is 0. The normalized spacial score (nSPS) is 14.8. The Bertz CT molecular complexity index is 1380. The fourth-order valence-corrected chi connectivity index (χ4v) is 15.7. The summed E-state index contributed by atoms with van der Waals surface area (Å²) in [6.45, 7) is 23.0. The van der Waals surface area contributed by atoms with Gasteiger partial charge in [0.15, 0.2) is 0 Å². The molecule has 0 saturated heterocycles. The molecule has 3 aromatic carbocycles. The van der Waals surface area contributed by atoms with E-state index in [9.17, 15) is 13.5 Å². The lowest BCUT2D eigenvalue weighted by Crippen LogP contribution is -2.62. The average molecular weight is 610 g/mol. The Labute approximate surface area is 255 Å². The molecule has 0 heterocycles.